The van der Waals surface area contributed by atoms with E-state index < -0.39 is 0 Å². The van der Waals surface area contributed by atoms with Crippen molar-refractivity contribution < 1.29 is 9.59 Å². The maximum absolute atomic E-state index is 12.5. The van der Waals surface area contributed by atoms with E-state index in [0.29, 0.717) is 24.5 Å². The molecule has 29 heavy (non-hydrogen) atoms. The lowest BCUT2D eigenvalue weighted by molar-refractivity contribution is -0.120. The highest BCUT2D eigenvalue weighted by molar-refractivity contribution is 5.93. The summed E-state index contributed by atoms with van der Waals surface area (Å²) >= 11 is 0. The van der Waals surface area contributed by atoms with Gasteiger partial charge in [0.2, 0.25) is 11.9 Å². The first kappa shape index (κ1) is 22.3. The van der Waals surface area contributed by atoms with E-state index in [9.17, 15) is 9.59 Å². The number of benzene rings is 1. The predicted molar refractivity (Wildman–Crippen MR) is 115 cm³/mol. The maximum atomic E-state index is 12.5. The summed E-state index contributed by atoms with van der Waals surface area (Å²) in [4.78, 5) is 34.0. The molecule has 1 aromatic carbocycles. The molecule has 1 heterocycles. The van der Waals surface area contributed by atoms with Crippen LogP contribution in [0.2, 0.25) is 0 Å². The maximum Gasteiger partial charge on any atom is 0.256 e. The van der Waals surface area contributed by atoms with E-state index in [-0.39, 0.29) is 11.8 Å². The fraction of sp³-hybridized carbons (Fsp3) is 0.455. The van der Waals surface area contributed by atoms with E-state index in [2.05, 4.69) is 20.6 Å². The molecule has 0 spiro atoms. The Labute approximate surface area is 172 Å². The number of aryl methyl sites for hydroxylation is 2. The van der Waals surface area contributed by atoms with Gasteiger partial charge in [0.1, 0.15) is 0 Å². The van der Waals surface area contributed by atoms with Crippen LogP contribution in [-0.4, -0.2) is 47.3 Å². The number of unbranched alkanes of at least 4 members (excludes halogenated alkanes) is 3. The van der Waals surface area contributed by atoms with Crippen LogP contribution in [-0.2, 0) is 4.79 Å². The van der Waals surface area contributed by atoms with Gasteiger partial charge in [-0.2, -0.15) is 0 Å². The SMILES string of the molecule is CNC(=O)CCCCCCN(C)C(=O)c1cnc(Nc2c(C)cccc2C)nc1. The van der Waals surface area contributed by atoms with E-state index in [1.807, 2.05) is 32.0 Å². The Morgan fingerprint density at radius 3 is 2.24 bits per heavy atom. The highest BCUT2D eigenvalue weighted by Crippen LogP contribution is 2.22. The number of nitrogens with one attached hydrogen (secondary N) is 2. The molecule has 2 amide bonds. The zero-order chi connectivity index (χ0) is 21.2. The number of hydrogen-bond acceptors (Lipinski definition) is 5. The van der Waals surface area contributed by atoms with Gasteiger partial charge in [-0.1, -0.05) is 31.0 Å². The van der Waals surface area contributed by atoms with E-state index in [1.165, 1.54) is 0 Å². The highest BCUT2D eigenvalue weighted by atomic mass is 16.2. The average Bonchev–Trinajstić information content (AvgIpc) is 2.72. The Hall–Kier alpha value is -2.96. The molecule has 1 aromatic heterocycles. The minimum absolute atomic E-state index is 0.0767. The molecule has 0 radical (unpaired) electrons. The van der Waals surface area contributed by atoms with Gasteiger partial charge in [0.15, 0.2) is 0 Å². The smallest absolute Gasteiger partial charge is 0.256 e. The zero-order valence-electron chi connectivity index (χ0n) is 17.8. The van der Waals surface area contributed by atoms with E-state index in [4.69, 9.17) is 0 Å². The second kappa shape index (κ2) is 11.1. The van der Waals surface area contributed by atoms with Crippen molar-refractivity contribution in [3.05, 3.63) is 47.3 Å². The van der Waals surface area contributed by atoms with Crippen molar-refractivity contribution in [2.75, 3.05) is 26.0 Å². The van der Waals surface area contributed by atoms with Crippen molar-refractivity contribution in [2.45, 2.75) is 46.0 Å². The number of aromatic nitrogens is 2. The minimum Gasteiger partial charge on any atom is -0.359 e. The first-order chi connectivity index (χ1) is 13.9. The predicted octanol–water partition coefficient (Wildman–Crippen LogP) is 3.61. The molecule has 0 aliphatic rings. The molecule has 2 aromatic rings. The topological polar surface area (TPSA) is 87.2 Å². The van der Waals surface area contributed by atoms with Crippen molar-refractivity contribution in [3.63, 3.8) is 0 Å². The average molecular weight is 398 g/mol. The summed E-state index contributed by atoms with van der Waals surface area (Å²) in [5.41, 5.74) is 3.69. The van der Waals surface area contributed by atoms with Crippen LogP contribution in [0.1, 0.15) is 53.6 Å². The van der Waals surface area contributed by atoms with Crippen LogP contribution in [0.4, 0.5) is 11.6 Å². The summed E-state index contributed by atoms with van der Waals surface area (Å²) in [7, 11) is 3.44. The van der Waals surface area contributed by atoms with Gasteiger partial charge in [-0.15, -0.1) is 0 Å². The van der Waals surface area contributed by atoms with Gasteiger partial charge in [0, 0.05) is 45.1 Å². The van der Waals surface area contributed by atoms with Crippen molar-refractivity contribution in [3.8, 4) is 0 Å². The summed E-state index contributed by atoms with van der Waals surface area (Å²) in [5.74, 6) is 0.458. The summed E-state index contributed by atoms with van der Waals surface area (Å²) in [5, 5.41) is 5.85. The number of anilines is 2. The number of rotatable bonds is 10. The van der Waals surface area contributed by atoms with Crippen LogP contribution in [0.5, 0.6) is 0 Å². The van der Waals surface area contributed by atoms with Gasteiger partial charge in [-0.05, 0) is 37.8 Å². The Balaban J connectivity index is 1.81. The molecule has 0 fully saturated rings. The molecular weight excluding hydrogens is 366 g/mol. The Morgan fingerprint density at radius 1 is 1.00 bits per heavy atom. The largest absolute Gasteiger partial charge is 0.359 e. The first-order valence-corrected chi connectivity index (χ1v) is 10.0. The monoisotopic (exact) mass is 397 g/mol. The molecule has 0 aliphatic heterocycles. The van der Waals surface area contributed by atoms with Crippen LogP contribution < -0.4 is 10.6 Å². The number of hydrogen-bond donors (Lipinski definition) is 2. The van der Waals surface area contributed by atoms with E-state index in [0.717, 1.165) is 42.5 Å². The lowest BCUT2D eigenvalue weighted by atomic mass is 10.1. The first-order valence-electron chi connectivity index (χ1n) is 10.0. The van der Waals surface area contributed by atoms with Crippen LogP contribution in [0.25, 0.3) is 0 Å². The molecule has 7 nitrogen and oxygen atoms in total. The molecule has 2 N–H and O–H groups in total. The normalized spacial score (nSPS) is 10.5. The molecule has 0 bridgehead atoms. The number of carbonyl (C=O) groups excluding carboxylic acids is 2. The van der Waals surface area contributed by atoms with Crippen LogP contribution >= 0.6 is 0 Å². The van der Waals surface area contributed by atoms with Gasteiger partial charge < -0.3 is 15.5 Å². The lowest BCUT2D eigenvalue weighted by Crippen LogP contribution is -2.28. The minimum atomic E-state index is -0.0889. The number of nitrogens with zero attached hydrogens (tertiary/aromatic N) is 3. The third-order valence-electron chi connectivity index (χ3n) is 4.89. The highest BCUT2D eigenvalue weighted by Gasteiger charge is 2.13. The van der Waals surface area contributed by atoms with Crippen molar-refractivity contribution >= 4 is 23.5 Å². The van der Waals surface area contributed by atoms with Gasteiger partial charge in [0.25, 0.3) is 5.91 Å². The molecule has 0 aliphatic carbocycles. The van der Waals surface area contributed by atoms with Gasteiger partial charge in [-0.25, -0.2) is 9.97 Å². The lowest BCUT2D eigenvalue weighted by Gasteiger charge is -2.17. The fourth-order valence-corrected chi connectivity index (χ4v) is 3.06. The zero-order valence-corrected chi connectivity index (χ0v) is 17.8. The number of para-hydroxylation sites is 1. The van der Waals surface area contributed by atoms with Crippen LogP contribution in [0.15, 0.2) is 30.6 Å². The molecule has 0 saturated carbocycles. The van der Waals surface area contributed by atoms with Gasteiger partial charge >= 0.3 is 0 Å². The third kappa shape index (κ3) is 6.85. The fourth-order valence-electron chi connectivity index (χ4n) is 3.06. The standard InChI is InChI=1S/C22H31N5O2/c1-16-10-9-11-17(2)20(16)26-22-24-14-18(15-25-22)21(29)27(4)13-8-6-5-7-12-19(28)23-3/h9-11,14-15H,5-8,12-13H2,1-4H3,(H,23,28)(H,24,25,26). The number of amides is 2. The van der Waals surface area contributed by atoms with E-state index >= 15 is 0 Å². The second-order valence-electron chi connectivity index (χ2n) is 7.25. The van der Waals surface area contributed by atoms with E-state index in [1.54, 1.807) is 31.4 Å². The number of carbonyl (C=O) groups is 2. The quantitative estimate of drug-likeness (QED) is 0.598. The molecular formula is C22H31N5O2. The molecule has 7 heteroatoms. The van der Waals surface area contributed by atoms with Crippen LogP contribution in [0, 0.1) is 13.8 Å². The molecule has 156 valence electrons. The third-order valence-corrected chi connectivity index (χ3v) is 4.89. The molecule has 0 atom stereocenters. The van der Waals surface area contributed by atoms with Crippen molar-refractivity contribution in [2.24, 2.45) is 0 Å². The Kier molecular flexibility index (Phi) is 8.58. The van der Waals surface area contributed by atoms with Crippen molar-refractivity contribution in [1.29, 1.82) is 0 Å². The summed E-state index contributed by atoms with van der Waals surface area (Å²) < 4.78 is 0. The summed E-state index contributed by atoms with van der Waals surface area (Å²) in [6, 6.07) is 6.07. The molecule has 0 saturated heterocycles. The van der Waals surface area contributed by atoms with Gasteiger partial charge in [0.05, 0.1) is 5.56 Å². The second-order valence-corrected chi connectivity index (χ2v) is 7.25. The summed E-state index contributed by atoms with van der Waals surface area (Å²) in [6.07, 6.45) is 7.44. The molecule has 2 rings (SSSR count). The van der Waals surface area contributed by atoms with Gasteiger partial charge in [-0.3, -0.25) is 9.59 Å². The summed E-state index contributed by atoms with van der Waals surface area (Å²) in [6.45, 7) is 4.72. The Bertz CT molecular complexity index is 800. The van der Waals surface area contributed by atoms with Crippen molar-refractivity contribution in [1.82, 2.24) is 20.2 Å². The molecule has 0 unspecified atom stereocenters. The van der Waals surface area contributed by atoms with Crippen LogP contribution in [0.3, 0.4) is 0 Å². The Morgan fingerprint density at radius 2 is 1.62 bits per heavy atom.